The summed E-state index contributed by atoms with van der Waals surface area (Å²) < 4.78 is 22.5. The number of carbonyl (C=O) groups excluding carboxylic acids is 1. The van der Waals surface area contributed by atoms with Crippen LogP contribution in [0.2, 0.25) is 0 Å². The number of sulfonamides is 1. The van der Waals surface area contributed by atoms with E-state index in [0.29, 0.717) is 13.1 Å². The molecule has 1 aromatic carbocycles. The number of likely N-dealkylation sites (N-methyl/N-ethyl adjacent to an activating group) is 2. The number of nitrogens with one attached hydrogen (secondary N) is 2. The second kappa shape index (κ2) is 10.1. The minimum Gasteiger partial charge on any atom is -0.379 e. The minimum absolute atomic E-state index is 0. The van der Waals surface area contributed by atoms with Crippen molar-refractivity contribution in [3.8, 4) is 0 Å². The molecular formula is C13H22ClN5O5S. The maximum absolute atomic E-state index is 11.9. The highest BCUT2D eigenvalue weighted by molar-refractivity contribution is 7.89. The van der Waals surface area contributed by atoms with E-state index in [1.54, 1.807) is 19.0 Å². The Bertz CT molecular complexity index is 713. The average Bonchev–Trinajstić information content (AvgIpc) is 2.51. The molecule has 0 unspecified atom stereocenters. The zero-order valence-corrected chi connectivity index (χ0v) is 15.5. The van der Waals surface area contributed by atoms with Gasteiger partial charge in [0, 0.05) is 39.2 Å². The molecule has 10 nitrogen and oxygen atoms in total. The highest BCUT2D eigenvalue weighted by Crippen LogP contribution is 2.27. The fraction of sp³-hybridized carbons (Fsp3) is 0.462. The first kappa shape index (κ1) is 23.1. The molecule has 25 heavy (non-hydrogen) atoms. The summed E-state index contributed by atoms with van der Waals surface area (Å²) in [6, 6.07) is 3.32. The minimum atomic E-state index is -4.03. The van der Waals surface area contributed by atoms with Crippen molar-refractivity contribution in [2.45, 2.75) is 11.3 Å². The normalized spacial score (nSPS) is 10.7. The molecule has 0 aliphatic rings. The van der Waals surface area contributed by atoms with Gasteiger partial charge in [-0.15, -0.1) is 12.4 Å². The van der Waals surface area contributed by atoms with Crippen LogP contribution in [0.1, 0.15) is 6.42 Å². The zero-order valence-electron chi connectivity index (χ0n) is 13.9. The largest absolute Gasteiger partial charge is 0.379 e. The number of hydrogen-bond donors (Lipinski definition) is 3. The van der Waals surface area contributed by atoms with Crippen LogP contribution in [0, 0.1) is 10.1 Å². The van der Waals surface area contributed by atoms with Gasteiger partial charge in [0.2, 0.25) is 15.9 Å². The number of nitro groups is 1. The molecule has 1 amide bonds. The predicted octanol–water partition coefficient (Wildman–Crippen LogP) is 0.144. The number of hydrogen-bond acceptors (Lipinski definition) is 7. The lowest BCUT2D eigenvalue weighted by Crippen LogP contribution is -2.33. The maximum atomic E-state index is 11.9. The van der Waals surface area contributed by atoms with Gasteiger partial charge in [-0.25, -0.2) is 13.6 Å². The molecule has 0 spiro atoms. The van der Waals surface area contributed by atoms with Crippen molar-refractivity contribution >= 4 is 39.7 Å². The first-order valence-electron chi connectivity index (χ1n) is 7.10. The van der Waals surface area contributed by atoms with Crippen LogP contribution in [0.3, 0.4) is 0 Å². The number of nitrogens with two attached hydrogens (primary N) is 1. The first-order valence-corrected chi connectivity index (χ1v) is 8.65. The van der Waals surface area contributed by atoms with E-state index in [-0.39, 0.29) is 41.9 Å². The quantitative estimate of drug-likeness (QED) is 0.398. The number of amides is 1. The summed E-state index contributed by atoms with van der Waals surface area (Å²) >= 11 is 0. The Hall–Kier alpha value is -1.95. The number of benzene rings is 1. The Morgan fingerprint density at radius 1 is 1.36 bits per heavy atom. The highest BCUT2D eigenvalue weighted by Gasteiger charge is 2.19. The summed E-state index contributed by atoms with van der Waals surface area (Å²) in [6.07, 6.45) is 0.147. The molecule has 12 heteroatoms. The van der Waals surface area contributed by atoms with Crippen molar-refractivity contribution in [2.75, 3.05) is 39.0 Å². The third kappa shape index (κ3) is 7.22. The number of nitrogens with zero attached hydrogens (tertiary/aromatic N) is 2. The third-order valence-corrected chi connectivity index (χ3v) is 4.18. The van der Waals surface area contributed by atoms with E-state index in [1.807, 2.05) is 0 Å². The molecule has 4 N–H and O–H groups in total. The molecule has 1 rings (SSSR count). The van der Waals surface area contributed by atoms with Gasteiger partial charge in [-0.2, -0.15) is 0 Å². The zero-order chi connectivity index (χ0) is 18.3. The van der Waals surface area contributed by atoms with Gasteiger partial charge in [0.05, 0.1) is 9.82 Å². The maximum Gasteiger partial charge on any atom is 0.293 e. The fourth-order valence-electron chi connectivity index (χ4n) is 1.89. The lowest BCUT2D eigenvalue weighted by atomic mass is 10.2. The third-order valence-electron chi connectivity index (χ3n) is 3.27. The standard InChI is InChI=1S/C13H21N5O5S.ClH/c1-15-7-8-17(2)13(19)5-6-16-11-4-3-10(24(14,22)23)9-12(11)18(20)21;/h3-4,9,15-16H,5-8H2,1-2H3,(H2,14,22,23);1H. The van der Waals surface area contributed by atoms with Crippen molar-refractivity contribution in [1.82, 2.24) is 10.2 Å². The van der Waals surface area contributed by atoms with Crippen molar-refractivity contribution in [3.05, 3.63) is 28.3 Å². The number of rotatable bonds is 9. The monoisotopic (exact) mass is 395 g/mol. The van der Waals surface area contributed by atoms with E-state index < -0.39 is 20.6 Å². The van der Waals surface area contributed by atoms with Crippen LogP contribution in [0.25, 0.3) is 0 Å². The van der Waals surface area contributed by atoms with Gasteiger partial charge in [0.25, 0.3) is 5.69 Å². The molecule has 0 atom stereocenters. The molecule has 0 saturated heterocycles. The first-order chi connectivity index (χ1) is 11.2. The van der Waals surface area contributed by atoms with Gasteiger partial charge >= 0.3 is 0 Å². The van der Waals surface area contributed by atoms with Crippen LogP contribution in [-0.4, -0.2) is 57.9 Å². The van der Waals surface area contributed by atoms with Crippen LogP contribution in [0.15, 0.2) is 23.1 Å². The second-order valence-corrected chi connectivity index (χ2v) is 6.64. The van der Waals surface area contributed by atoms with E-state index in [4.69, 9.17) is 5.14 Å². The SMILES string of the molecule is CNCCN(C)C(=O)CCNc1ccc(S(N)(=O)=O)cc1[N+](=O)[O-].Cl. The molecular weight excluding hydrogens is 374 g/mol. The summed E-state index contributed by atoms with van der Waals surface area (Å²) in [4.78, 5) is 23.4. The lowest BCUT2D eigenvalue weighted by Gasteiger charge is -2.17. The van der Waals surface area contributed by atoms with E-state index in [2.05, 4.69) is 10.6 Å². The molecule has 0 fully saturated rings. The molecule has 0 radical (unpaired) electrons. The van der Waals surface area contributed by atoms with Gasteiger partial charge < -0.3 is 15.5 Å². The van der Waals surface area contributed by atoms with E-state index >= 15 is 0 Å². The lowest BCUT2D eigenvalue weighted by molar-refractivity contribution is -0.384. The topological polar surface area (TPSA) is 148 Å². The van der Waals surface area contributed by atoms with E-state index in [1.165, 1.54) is 12.1 Å². The molecule has 0 heterocycles. The molecule has 1 aromatic rings. The Labute approximate surface area is 152 Å². The summed E-state index contributed by atoms with van der Waals surface area (Å²) in [5, 5.41) is 21.7. The Morgan fingerprint density at radius 2 is 2.00 bits per heavy atom. The van der Waals surface area contributed by atoms with Crippen LogP contribution in [0.4, 0.5) is 11.4 Å². The van der Waals surface area contributed by atoms with E-state index in [0.717, 1.165) is 6.07 Å². The van der Waals surface area contributed by atoms with Crippen molar-refractivity contribution in [2.24, 2.45) is 5.14 Å². The summed E-state index contributed by atoms with van der Waals surface area (Å²) in [6.45, 7) is 1.40. The second-order valence-electron chi connectivity index (χ2n) is 5.08. The smallest absolute Gasteiger partial charge is 0.293 e. The Kier molecular flexibility index (Phi) is 9.34. The number of anilines is 1. The van der Waals surface area contributed by atoms with E-state index in [9.17, 15) is 23.3 Å². The summed E-state index contributed by atoms with van der Waals surface area (Å²) in [7, 11) is -0.577. The summed E-state index contributed by atoms with van der Waals surface area (Å²) in [5.41, 5.74) is -0.296. The number of nitro benzene ring substituents is 1. The molecule has 0 aliphatic carbocycles. The van der Waals surface area contributed by atoms with Crippen LogP contribution < -0.4 is 15.8 Å². The highest BCUT2D eigenvalue weighted by atomic mass is 35.5. The van der Waals surface area contributed by atoms with Gasteiger partial charge in [-0.05, 0) is 19.2 Å². The van der Waals surface area contributed by atoms with Crippen LogP contribution in [-0.2, 0) is 14.8 Å². The average molecular weight is 396 g/mol. The van der Waals surface area contributed by atoms with Crippen molar-refractivity contribution in [1.29, 1.82) is 0 Å². The number of halogens is 1. The number of carbonyl (C=O) groups is 1. The van der Waals surface area contributed by atoms with Gasteiger partial charge in [0.15, 0.2) is 0 Å². The van der Waals surface area contributed by atoms with Gasteiger partial charge in [-0.3, -0.25) is 14.9 Å². The summed E-state index contributed by atoms with van der Waals surface area (Å²) in [5.74, 6) is -0.110. The fourth-order valence-corrected chi connectivity index (χ4v) is 2.42. The number of primary sulfonamides is 1. The van der Waals surface area contributed by atoms with Crippen LogP contribution in [0.5, 0.6) is 0 Å². The van der Waals surface area contributed by atoms with Crippen molar-refractivity contribution < 1.29 is 18.1 Å². The van der Waals surface area contributed by atoms with Crippen molar-refractivity contribution in [3.63, 3.8) is 0 Å². The molecule has 0 aliphatic heterocycles. The molecule has 0 saturated carbocycles. The van der Waals surface area contributed by atoms with Crippen LogP contribution >= 0.6 is 12.4 Å². The Morgan fingerprint density at radius 3 is 2.52 bits per heavy atom. The molecule has 0 bridgehead atoms. The van der Waals surface area contributed by atoms with Gasteiger partial charge in [0.1, 0.15) is 5.69 Å². The van der Waals surface area contributed by atoms with Gasteiger partial charge in [-0.1, -0.05) is 0 Å². The molecule has 142 valence electrons. The predicted molar refractivity (Wildman–Crippen MR) is 96.4 cm³/mol. The molecule has 0 aromatic heterocycles. The Balaban J connectivity index is 0.00000576.